The lowest BCUT2D eigenvalue weighted by molar-refractivity contribution is -0.142. The van der Waals surface area contributed by atoms with E-state index < -0.39 is 29.8 Å². The van der Waals surface area contributed by atoms with Crippen LogP contribution in [-0.4, -0.2) is 38.9 Å². The molecule has 7 nitrogen and oxygen atoms in total. The third-order valence-electron chi connectivity index (χ3n) is 2.30. The number of amides is 1. The highest BCUT2D eigenvalue weighted by atomic mass is 16.6. The van der Waals surface area contributed by atoms with Gasteiger partial charge in [0.15, 0.2) is 6.04 Å². The maximum Gasteiger partial charge on any atom is 0.408 e. The maximum absolute atomic E-state index is 11.6. The second-order valence-corrected chi connectivity index (χ2v) is 5.19. The molecule has 0 fully saturated rings. The number of carboxylic acids is 1. The summed E-state index contributed by atoms with van der Waals surface area (Å²) in [4.78, 5) is 26.5. The molecule has 0 aliphatic rings. The number of aromatic nitrogens is 1. The fourth-order valence-electron chi connectivity index (χ4n) is 1.46. The van der Waals surface area contributed by atoms with E-state index in [9.17, 15) is 14.7 Å². The molecule has 7 heteroatoms. The number of ether oxygens (including phenoxy) is 1. The molecule has 0 spiro atoms. The molecule has 3 N–H and O–H groups in total. The first-order valence-electron chi connectivity index (χ1n) is 6.01. The van der Waals surface area contributed by atoms with Crippen molar-refractivity contribution < 1.29 is 24.5 Å². The number of carboxylic acid groups (broad SMARTS) is 1. The Hall–Kier alpha value is -2.15. The molecule has 1 amide bonds. The number of hydrogen-bond donors (Lipinski definition) is 3. The van der Waals surface area contributed by atoms with Gasteiger partial charge < -0.3 is 20.3 Å². The van der Waals surface area contributed by atoms with Gasteiger partial charge >= 0.3 is 12.1 Å². The number of aliphatic hydroxyl groups excluding tert-OH is 1. The number of nitrogens with zero attached hydrogens (tertiary/aromatic N) is 1. The van der Waals surface area contributed by atoms with Crippen molar-refractivity contribution in [3.8, 4) is 0 Å². The number of pyridine rings is 1. The van der Waals surface area contributed by atoms with Crippen molar-refractivity contribution in [1.82, 2.24) is 10.3 Å². The second-order valence-electron chi connectivity index (χ2n) is 5.19. The second kappa shape index (κ2) is 6.33. The first-order valence-corrected chi connectivity index (χ1v) is 6.01. The monoisotopic (exact) mass is 282 g/mol. The highest BCUT2D eigenvalue weighted by Crippen LogP contribution is 2.17. The number of aliphatic hydroxyl groups is 1. The number of nitrogens with one attached hydrogen (secondary N) is 1. The smallest absolute Gasteiger partial charge is 0.408 e. The van der Waals surface area contributed by atoms with Crippen molar-refractivity contribution in [2.24, 2.45) is 0 Å². The Labute approximate surface area is 116 Å². The molecule has 0 saturated heterocycles. The van der Waals surface area contributed by atoms with Crippen LogP contribution in [0.3, 0.4) is 0 Å². The molecule has 0 aliphatic heterocycles. The summed E-state index contributed by atoms with van der Waals surface area (Å²) in [5.41, 5.74) is -0.419. The van der Waals surface area contributed by atoms with Crippen LogP contribution in [0.5, 0.6) is 0 Å². The van der Waals surface area contributed by atoms with E-state index in [0.717, 1.165) is 0 Å². The Bertz CT molecular complexity index is 469. The van der Waals surface area contributed by atoms with Crippen molar-refractivity contribution in [3.05, 3.63) is 30.1 Å². The van der Waals surface area contributed by atoms with Gasteiger partial charge in [0.1, 0.15) is 11.7 Å². The highest BCUT2D eigenvalue weighted by Gasteiger charge is 2.31. The van der Waals surface area contributed by atoms with Crippen LogP contribution in [0.2, 0.25) is 0 Å². The zero-order valence-corrected chi connectivity index (χ0v) is 11.5. The average Bonchev–Trinajstić information content (AvgIpc) is 2.34. The summed E-state index contributed by atoms with van der Waals surface area (Å²) in [5, 5.41) is 21.3. The molecule has 1 rings (SSSR count). The number of carbonyl (C=O) groups is 2. The van der Waals surface area contributed by atoms with E-state index >= 15 is 0 Å². The van der Waals surface area contributed by atoms with Crippen molar-refractivity contribution in [1.29, 1.82) is 0 Å². The van der Waals surface area contributed by atoms with Gasteiger partial charge in [0.25, 0.3) is 0 Å². The summed E-state index contributed by atoms with van der Waals surface area (Å²) in [6.45, 7) is 4.96. The largest absolute Gasteiger partial charge is 0.480 e. The molecule has 1 aromatic heterocycles. The summed E-state index contributed by atoms with van der Waals surface area (Å²) in [5.74, 6) is -1.36. The van der Waals surface area contributed by atoms with Crippen LogP contribution in [0, 0.1) is 0 Å². The average molecular weight is 282 g/mol. The van der Waals surface area contributed by atoms with E-state index in [2.05, 4.69) is 10.3 Å². The lowest BCUT2D eigenvalue weighted by Crippen LogP contribution is -2.46. The third kappa shape index (κ3) is 4.85. The van der Waals surface area contributed by atoms with Crippen molar-refractivity contribution >= 4 is 12.1 Å². The van der Waals surface area contributed by atoms with Crippen molar-refractivity contribution in [3.63, 3.8) is 0 Å². The van der Waals surface area contributed by atoms with E-state index in [1.807, 2.05) is 0 Å². The van der Waals surface area contributed by atoms with Crippen LogP contribution in [0.1, 0.15) is 32.4 Å². The minimum atomic E-state index is -1.51. The first-order chi connectivity index (χ1) is 9.20. The van der Waals surface area contributed by atoms with Gasteiger partial charge in [-0.05, 0) is 38.5 Å². The Kier molecular flexibility index (Phi) is 5.04. The van der Waals surface area contributed by atoms with Crippen LogP contribution >= 0.6 is 0 Å². The van der Waals surface area contributed by atoms with Crippen LogP contribution < -0.4 is 5.32 Å². The van der Waals surface area contributed by atoms with E-state index in [1.165, 1.54) is 24.5 Å². The van der Waals surface area contributed by atoms with Crippen LogP contribution in [0.15, 0.2) is 24.5 Å². The van der Waals surface area contributed by atoms with Gasteiger partial charge in [0.05, 0.1) is 0 Å². The van der Waals surface area contributed by atoms with Crippen molar-refractivity contribution in [2.45, 2.75) is 38.5 Å². The van der Waals surface area contributed by atoms with Crippen LogP contribution in [-0.2, 0) is 9.53 Å². The quantitative estimate of drug-likeness (QED) is 0.762. The third-order valence-corrected chi connectivity index (χ3v) is 2.30. The molecule has 1 aromatic rings. The summed E-state index contributed by atoms with van der Waals surface area (Å²) < 4.78 is 4.97. The maximum atomic E-state index is 11.6. The SMILES string of the molecule is CC(C)(C)OC(=O)N[C@@H](C(=O)O)[C@H](O)c1ccncc1. The molecule has 110 valence electrons. The summed E-state index contributed by atoms with van der Waals surface area (Å²) in [6.07, 6.45) is 0.539. The summed E-state index contributed by atoms with van der Waals surface area (Å²) in [6, 6.07) is 1.43. The zero-order chi connectivity index (χ0) is 15.3. The zero-order valence-electron chi connectivity index (χ0n) is 11.5. The van der Waals surface area contributed by atoms with Crippen molar-refractivity contribution in [2.75, 3.05) is 0 Å². The number of aliphatic carboxylic acids is 1. The van der Waals surface area contributed by atoms with E-state index in [1.54, 1.807) is 20.8 Å². The van der Waals surface area contributed by atoms with Crippen LogP contribution in [0.4, 0.5) is 4.79 Å². The van der Waals surface area contributed by atoms with Gasteiger partial charge in [-0.2, -0.15) is 0 Å². The van der Waals surface area contributed by atoms with Gasteiger partial charge in [0, 0.05) is 12.4 Å². The molecule has 1 heterocycles. The first kappa shape index (κ1) is 15.9. The van der Waals surface area contributed by atoms with Gasteiger partial charge in [-0.15, -0.1) is 0 Å². The normalized spacial score (nSPS) is 14.2. The minimum absolute atomic E-state index is 0.337. The number of hydrogen-bond acceptors (Lipinski definition) is 5. The predicted octanol–water partition coefficient (Wildman–Crippen LogP) is 1.09. The Morgan fingerprint density at radius 2 is 1.85 bits per heavy atom. The number of alkyl carbamates (subject to hydrolysis) is 1. The number of rotatable bonds is 4. The van der Waals surface area contributed by atoms with E-state index in [4.69, 9.17) is 9.84 Å². The molecule has 0 aromatic carbocycles. The predicted molar refractivity (Wildman–Crippen MR) is 70.0 cm³/mol. The molecule has 0 bridgehead atoms. The Balaban J connectivity index is 2.80. The van der Waals surface area contributed by atoms with E-state index in [0.29, 0.717) is 5.56 Å². The highest BCUT2D eigenvalue weighted by molar-refractivity contribution is 5.80. The fourth-order valence-corrected chi connectivity index (χ4v) is 1.46. The molecule has 0 radical (unpaired) electrons. The van der Waals surface area contributed by atoms with Gasteiger partial charge in [-0.1, -0.05) is 0 Å². The molecule has 20 heavy (non-hydrogen) atoms. The Morgan fingerprint density at radius 1 is 1.30 bits per heavy atom. The fraction of sp³-hybridized carbons (Fsp3) is 0.462. The van der Waals surface area contributed by atoms with E-state index in [-0.39, 0.29) is 0 Å². The van der Waals surface area contributed by atoms with Crippen LogP contribution in [0.25, 0.3) is 0 Å². The minimum Gasteiger partial charge on any atom is -0.480 e. The topological polar surface area (TPSA) is 109 Å². The molecular formula is C13H18N2O5. The lowest BCUT2D eigenvalue weighted by Gasteiger charge is -2.24. The Morgan fingerprint density at radius 3 is 2.30 bits per heavy atom. The molecule has 2 atom stereocenters. The van der Waals surface area contributed by atoms with Gasteiger partial charge in [0.2, 0.25) is 0 Å². The number of carbonyl (C=O) groups excluding carboxylic acids is 1. The lowest BCUT2D eigenvalue weighted by atomic mass is 10.0. The molecule has 0 saturated carbocycles. The summed E-state index contributed by atoms with van der Waals surface area (Å²) in [7, 11) is 0. The standard InChI is InChI=1S/C13H18N2O5/c1-13(2,3)20-12(19)15-9(11(17)18)10(16)8-4-6-14-7-5-8/h4-7,9-10,16H,1-3H3,(H,15,19)(H,17,18)/t9-,10-/m1/s1. The van der Waals surface area contributed by atoms with Gasteiger partial charge in [-0.3, -0.25) is 4.98 Å². The molecule has 0 unspecified atom stereocenters. The molecule has 0 aliphatic carbocycles. The van der Waals surface area contributed by atoms with Gasteiger partial charge in [-0.25, -0.2) is 9.59 Å². The summed E-state index contributed by atoms with van der Waals surface area (Å²) >= 11 is 0. The molecular weight excluding hydrogens is 264 g/mol.